The van der Waals surface area contributed by atoms with Crippen LogP contribution in [0.1, 0.15) is 149 Å². The van der Waals surface area contributed by atoms with Crippen molar-refractivity contribution in [2.45, 2.75) is 149 Å². The highest BCUT2D eigenvalue weighted by molar-refractivity contribution is 5.69. The summed E-state index contributed by atoms with van der Waals surface area (Å²) in [7, 11) is 0. The number of ether oxygens (including phenoxy) is 5. The van der Waals surface area contributed by atoms with Crippen molar-refractivity contribution in [3.05, 3.63) is 0 Å². The van der Waals surface area contributed by atoms with Crippen molar-refractivity contribution in [3.63, 3.8) is 0 Å². The molecule has 0 rings (SSSR count). The van der Waals surface area contributed by atoms with Crippen LogP contribution < -0.4 is 0 Å². The second-order valence-electron chi connectivity index (χ2n) is 10.8. The Kier molecular flexibility index (Phi) is 34.7. The Hall–Kier alpha value is -0.690. The van der Waals surface area contributed by atoms with E-state index in [2.05, 4.69) is 13.8 Å². The number of unbranched alkanes of at least 4 members (excludes halogenated alkanes) is 17. The van der Waals surface area contributed by atoms with Crippen LogP contribution in [0.2, 0.25) is 0 Å². The van der Waals surface area contributed by atoms with E-state index in [1.807, 2.05) is 0 Å². The normalized spacial score (nSPS) is 11.3. The Morgan fingerprint density at radius 2 is 0.667 bits per heavy atom. The van der Waals surface area contributed by atoms with Gasteiger partial charge in [0, 0.05) is 19.6 Å². The maximum Gasteiger partial charge on any atom is 0.305 e. The van der Waals surface area contributed by atoms with Gasteiger partial charge in [0.25, 0.3) is 0 Å². The van der Waals surface area contributed by atoms with Gasteiger partial charge < -0.3 is 23.7 Å². The maximum atomic E-state index is 11.8. The van der Waals surface area contributed by atoms with Crippen LogP contribution in [0, 0.1) is 0 Å². The molecule has 0 atom stereocenters. The average Bonchev–Trinajstić information content (AvgIpc) is 2.94. The van der Waals surface area contributed by atoms with Crippen molar-refractivity contribution >= 4 is 5.97 Å². The summed E-state index contributed by atoms with van der Waals surface area (Å²) < 4.78 is 27.5. The van der Waals surface area contributed by atoms with Gasteiger partial charge in [0.1, 0.15) is 0 Å². The third-order valence-corrected chi connectivity index (χ3v) is 6.94. The lowest BCUT2D eigenvalue weighted by molar-refractivity contribution is -0.144. The van der Waals surface area contributed by atoms with Gasteiger partial charge >= 0.3 is 5.97 Å². The molecule has 0 saturated heterocycles. The number of hydrogen-bond donors (Lipinski definition) is 0. The van der Waals surface area contributed by atoms with Gasteiger partial charge in [-0.2, -0.15) is 0 Å². The van der Waals surface area contributed by atoms with Gasteiger partial charge in [0.05, 0.1) is 46.2 Å². The summed E-state index contributed by atoms with van der Waals surface area (Å²) in [6.07, 6.45) is 26.0. The minimum Gasteiger partial charge on any atom is -0.466 e. The Morgan fingerprint density at radius 1 is 0.359 bits per heavy atom. The largest absolute Gasteiger partial charge is 0.466 e. The molecule has 0 spiro atoms. The van der Waals surface area contributed by atoms with Crippen molar-refractivity contribution < 1.29 is 28.5 Å². The first kappa shape index (κ1) is 38.3. The van der Waals surface area contributed by atoms with Crippen molar-refractivity contribution in [2.24, 2.45) is 0 Å². The molecule has 234 valence electrons. The van der Waals surface area contributed by atoms with E-state index in [1.54, 1.807) is 0 Å². The number of carbonyl (C=O) groups excluding carboxylic acids is 1. The highest BCUT2D eigenvalue weighted by Gasteiger charge is 2.03. The van der Waals surface area contributed by atoms with Crippen LogP contribution >= 0.6 is 0 Å². The Labute approximate surface area is 242 Å². The molecule has 0 fully saturated rings. The van der Waals surface area contributed by atoms with Crippen molar-refractivity contribution in [3.8, 4) is 0 Å². The molecule has 0 saturated carbocycles. The second kappa shape index (κ2) is 35.3. The molecule has 0 aromatic carbocycles. The van der Waals surface area contributed by atoms with Gasteiger partial charge in [-0.25, -0.2) is 0 Å². The molecule has 0 aliphatic rings. The quantitative estimate of drug-likeness (QED) is 0.0581. The van der Waals surface area contributed by atoms with E-state index >= 15 is 0 Å². The molecule has 0 aromatic rings. The average molecular weight is 559 g/mol. The van der Waals surface area contributed by atoms with Crippen LogP contribution in [0.3, 0.4) is 0 Å². The fraction of sp³-hybridized carbons (Fsp3) is 0.970. The number of carbonyl (C=O) groups is 1. The number of hydrogen-bond acceptors (Lipinski definition) is 6. The van der Waals surface area contributed by atoms with Crippen LogP contribution in [-0.2, 0) is 28.5 Å². The first-order valence-electron chi connectivity index (χ1n) is 16.8. The standard InChI is InChI=1S/C33H66O6/c1-3-5-7-9-11-12-13-14-15-17-19-21-26-39-33(34)23-22-25-36-28-30-38-32-31-37-29-27-35-24-20-18-16-10-8-6-4-2/h3-32H2,1-2H3. The minimum atomic E-state index is -0.110. The molecule has 0 heterocycles. The molecule has 0 unspecified atom stereocenters. The summed E-state index contributed by atoms with van der Waals surface area (Å²) in [5.41, 5.74) is 0. The Bertz CT molecular complexity index is 459. The molecular weight excluding hydrogens is 492 g/mol. The lowest BCUT2D eigenvalue weighted by atomic mass is 10.1. The van der Waals surface area contributed by atoms with Gasteiger partial charge in [-0.3, -0.25) is 4.79 Å². The highest BCUT2D eigenvalue weighted by Crippen LogP contribution is 2.12. The van der Waals surface area contributed by atoms with Gasteiger partial charge in [-0.1, -0.05) is 123 Å². The fourth-order valence-electron chi connectivity index (χ4n) is 4.44. The number of rotatable bonds is 34. The summed E-state index contributed by atoms with van der Waals surface area (Å²) in [6.45, 7) is 9.96. The molecule has 39 heavy (non-hydrogen) atoms. The maximum absolute atomic E-state index is 11.8. The van der Waals surface area contributed by atoms with E-state index in [1.165, 1.54) is 103 Å². The lowest BCUT2D eigenvalue weighted by Crippen LogP contribution is -2.12. The molecular formula is C33H66O6. The van der Waals surface area contributed by atoms with Gasteiger partial charge in [0.15, 0.2) is 0 Å². The minimum absolute atomic E-state index is 0.110. The van der Waals surface area contributed by atoms with Crippen LogP contribution in [0.5, 0.6) is 0 Å². The zero-order valence-electron chi connectivity index (χ0n) is 26.2. The van der Waals surface area contributed by atoms with E-state index < -0.39 is 0 Å². The topological polar surface area (TPSA) is 63.2 Å². The fourth-order valence-corrected chi connectivity index (χ4v) is 4.44. The van der Waals surface area contributed by atoms with E-state index in [0.717, 1.165) is 25.9 Å². The predicted molar refractivity (Wildman–Crippen MR) is 163 cm³/mol. The zero-order valence-corrected chi connectivity index (χ0v) is 26.2. The first-order valence-corrected chi connectivity index (χ1v) is 16.8. The molecule has 0 radical (unpaired) electrons. The molecule has 0 amide bonds. The smallest absolute Gasteiger partial charge is 0.305 e. The summed E-state index contributed by atoms with van der Waals surface area (Å²) in [6, 6.07) is 0. The molecule has 0 aliphatic carbocycles. The molecule has 0 bridgehead atoms. The monoisotopic (exact) mass is 558 g/mol. The Balaban J connectivity index is 3.13. The highest BCUT2D eigenvalue weighted by atomic mass is 16.6. The van der Waals surface area contributed by atoms with Crippen molar-refractivity contribution in [1.29, 1.82) is 0 Å². The van der Waals surface area contributed by atoms with Crippen LogP contribution in [0.15, 0.2) is 0 Å². The molecule has 0 N–H and O–H groups in total. The molecule has 0 aromatic heterocycles. The van der Waals surface area contributed by atoms with E-state index in [-0.39, 0.29) is 5.97 Å². The third kappa shape index (κ3) is 35.3. The van der Waals surface area contributed by atoms with Gasteiger partial charge in [-0.05, 0) is 19.3 Å². The van der Waals surface area contributed by atoms with Crippen LogP contribution in [0.4, 0.5) is 0 Å². The summed E-state index contributed by atoms with van der Waals surface area (Å²) in [5.74, 6) is -0.110. The van der Waals surface area contributed by atoms with Crippen molar-refractivity contribution in [2.75, 3.05) is 59.5 Å². The summed E-state index contributed by atoms with van der Waals surface area (Å²) in [4.78, 5) is 11.8. The van der Waals surface area contributed by atoms with Gasteiger partial charge in [0.2, 0.25) is 0 Å². The summed E-state index contributed by atoms with van der Waals surface area (Å²) in [5, 5.41) is 0. The third-order valence-electron chi connectivity index (χ3n) is 6.94. The SMILES string of the molecule is CCCCCCCCCCCCCCOC(=O)CCCOCCOCCOCCOCCCCCCCCC. The molecule has 6 heteroatoms. The Morgan fingerprint density at radius 3 is 1.08 bits per heavy atom. The van der Waals surface area contributed by atoms with Crippen molar-refractivity contribution in [1.82, 2.24) is 0 Å². The predicted octanol–water partition coefficient (Wildman–Crippen LogP) is 8.83. The first-order chi connectivity index (χ1) is 19.3. The van der Waals surface area contributed by atoms with Crippen LogP contribution in [0.25, 0.3) is 0 Å². The number of esters is 1. The molecule has 0 aliphatic heterocycles. The van der Waals surface area contributed by atoms with Gasteiger partial charge in [-0.15, -0.1) is 0 Å². The van der Waals surface area contributed by atoms with E-state index in [9.17, 15) is 4.79 Å². The van der Waals surface area contributed by atoms with E-state index in [4.69, 9.17) is 23.7 Å². The van der Waals surface area contributed by atoms with E-state index in [0.29, 0.717) is 65.7 Å². The summed E-state index contributed by atoms with van der Waals surface area (Å²) >= 11 is 0. The lowest BCUT2D eigenvalue weighted by Gasteiger charge is -2.08. The molecule has 6 nitrogen and oxygen atoms in total. The second-order valence-corrected chi connectivity index (χ2v) is 10.8. The zero-order chi connectivity index (χ0) is 28.3. The van der Waals surface area contributed by atoms with Crippen LogP contribution in [-0.4, -0.2) is 65.4 Å².